The molecule has 0 unspecified atom stereocenters. The molecule has 0 bridgehead atoms. The molecule has 2 fully saturated rings. The molecule has 0 aromatic carbocycles. The normalized spacial score (nSPS) is 20.5. The minimum absolute atomic E-state index is 0.0324. The van der Waals surface area contributed by atoms with E-state index in [9.17, 15) is 4.79 Å². The molecule has 0 spiro atoms. The molecule has 3 aliphatic rings. The average Bonchev–Trinajstić information content (AvgIpc) is 3.64. The molecule has 0 radical (unpaired) electrons. The van der Waals surface area contributed by atoms with Crippen LogP contribution in [0.5, 0.6) is 0 Å². The monoisotopic (exact) mass is 447 g/mol. The minimum Gasteiger partial charge on any atom is -0.356 e. The second-order valence-electron chi connectivity index (χ2n) is 9.47. The Morgan fingerprint density at radius 2 is 2.03 bits per heavy atom. The minimum atomic E-state index is 0.0324. The summed E-state index contributed by atoms with van der Waals surface area (Å²) in [6, 6.07) is 1.93. The van der Waals surface area contributed by atoms with Gasteiger partial charge in [0, 0.05) is 55.6 Å². The lowest BCUT2D eigenvalue weighted by atomic mass is 9.91. The molecule has 2 saturated heterocycles. The van der Waals surface area contributed by atoms with Crippen molar-refractivity contribution >= 4 is 11.9 Å². The van der Waals surface area contributed by atoms with Gasteiger partial charge in [0.15, 0.2) is 11.5 Å². The molecule has 1 N–H and O–H groups in total. The van der Waals surface area contributed by atoms with Crippen LogP contribution >= 0.6 is 0 Å². The Labute approximate surface area is 192 Å². The maximum atomic E-state index is 13.4. The number of fused-ring (bicyclic) bond motifs is 1. The number of rotatable bonds is 4. The number of nitrogens with zero attached hydrogens (tertiary/aromatic N) is 6. The van der Waals surface area contributed by atoms with E-state index in [0.29, 0.717) is 18.0 Å². The largest absolute Gasteiger partial charge is 0.356 e. The molecule has 1 aliphatic carbocycles. The van der Waals surface area contributed by atoms with Gasteiger partial charge < -0.3 is 14.3 Å². The van der Waals surface area contributed by atoms with E-state index in [0.717, 1.165) is 85.9 Å². The van der Waals surface area contributed by atoms with Crippen LogP contribution in [-0.2, 0) is 12.8 Å². The fraction of sp³-hybridized carbons (Fsp3) is 0.542. The number of aryl methyl sites for hydroxylation is 2. The molecule has 33 heavy (non-hydrogen) atoms. The number of likely N-dealkylation sites (tertiary alicyclic amines) is 1. The summed E-state index contributed by atoms with van der Waals surface area (Å²) in [5.74, 6) is 1.60. The van der Waals surface area contributed by atoms with E-state index in [4.69, 9.17) is 9.51 Å². The van der Waals surface area contributed by atoms with Crippen LogP contribution in [0.3, 0.4) is 0 Å². The highest BCUT2D eigenvalue weighted by Gasteiger charge is 2.33. The number of carbonyl (C=O) groups excluding carboxylic acids is 1. The van der Waals surface area contributed by atoms with Crippen LogP contribution < -0.4 is 4.90 Å². The molecule has 5 heterocycles. The molecule has 0 saturated carbocycles. The van der Waals surface area contributed by atoms with E-state index in [1.165, 1.54) is 12.8 Å². The molecule has 2 aliphatic heterocycles. The molecule has 3 aromatic rings. The summed E-state index contributed by atoms with van der Waals surface area (Å²) < 4.78 is 5.59. The summed E-state index contributed by atoms with van der Waals surface area (Å²) in [5.41, 5.74) is 5.49. The summed E-state index contributed by atoms with van der Waals surface area (Å²) in [7, 11) is 0. The Balaban J connectivity index is 1.32. The molecular formula is C24H29N7O2. The first-order chi connectivity index (χ1) is 16.2. The number of carbonyl (C=O) groups is 1. The standard InChI is InChI=1S/C24H29N7O2/c1-15-12-20(33-29-15)18-13-25-24(30-9-2-3-10-30)26-21(18)16-6-5-11-31(14-16)23(32)22-17-7-4-8-19(17)27-28-22/h12-13,16H,2-11,14H2,1H3,(H,27,28)/t16-/m1/s1. The van der Waals surface area contributed by atoms with Gasteiger partial charge in [0.1, 0.15) is 0 Å². The maximum Gasteiger partial charge on any atom is 0.274 e. The van der Waals surface area contributed by atoms with Crippen LogP contribution in [0.25, 0.3) is 11.3 Å². The maximum absolute atomic E-state index is 13.4. The number of aromatic amines is 1. The first-order valence-corrected chi connectivity index (χ1v) is 12.1. The van der Waals surface area contributed by atoms with Crippen LogP contribution in [0.1, 0.15) is 71.2 Å². The number of H-pyrrole nitrogens is 1. The van der Waals surface area contributed by atoms with Crippen LogP contribution in [0.4, 0.5) is 5.95 Å². The molecule has 172 valence electrons. The van der Waals surface area contributed by atoms with Gasteiger partial charge in [0.2, 0.25) is 5.95 Å². The van der Waals surface area contributed by atoms with E-state index in [-0.39, 0.29) is 11.8 Å². The smallest absolute Gasteiger partial charge is 0.274 e. The fourth-order valence-electron chi connectivity index (χ4n) is 5.48. The molecule has 1 atom stereocenters. The van der Waals surface area contributed by atoms with Gasteiger partial charge in [-0.1, -0.05) is 5.16 Å². The van der Waals surface area contributed by atoms with Gasteiger partial charge in [0.25, 0.3) is 5.91 Å². The lowest BCUT2D eigenvalue weighted by Gasteiger charge is -2.33. The third-order valence-electron chi connectivity index (χ3n) is 7.19. The zero-order valence-electron chi connectivity index (χ0n) is 19.0. The number of hydrogen-bond donors (Lipinski definition) is 1. The van der Waals surface area contributed by atoms with E-state index in [1.807, 2.05) is 24.1 Å². The molecular weight excluding hydrogens is 418 g/mol. The van der Waals surface area contributed by atoms with Crippen molar-refractivity contribution in [3.8, 4) is 11.3 Å². The second-order valence-corrected chi connectivity index (χ2v) is 9.47. The highest BCUT2D eigenvalue weighted by atomic mass is 16.5. The predicted molar refractivity (Wildman–Crippen MR) is 122 cm³/mol. The number of hydrogen-bond acceptors (Lipinski definition) is 7. The van der Waals surface area contributed by atoms with Gasteiger partial charge in [-0.05, 0) is 51.9 Å². The van der Waals surface area contributed by atoms with Crippen LogP contribution in [0, 0.1) is 6.92 Å². The number of amides is 1. The van der Waals surface area contributed by atoms with Crippen LogP contribution in [0.2, 0.25) is 0 Å². The van der Waals surface area contributed by atoms with Crippen molar-refractivity contribution < 1.29 is 9.32 Å². The molecule has 6 rings (SSSR count). The molecule has 9 heteroatoms. The van der Waals surface area contributed by atoms with Gasteiger partial charge in [-0.2, -0.15) is 5.10 Å². The second kappa shape index (κ2) is 8.28. The average molecular weight is 448 g/mol. The summed E-state index contributed by atoms with van der Waals surface area (Å²) >= 11 is 0. The number of nitrogens with one attached hydrogen (secondary N) is 1. The number of aromatic nitrogens is 5. The Kier molecular flexibility index (Phi) is 5.11. The SMILES string of the molecule is Cc1cc(-c2cnc(N3CCCC3)nc2[C@@H]2CCCN(C(=O)c3n[nH]c4c3CCC4)C2)on1. The van der Waals surface area contributed by atoms with Crippen molar-refractivity contribution in [2.45, 2.75) is 57.8 Å². The number of piperidine rings is 1. The summed E-state index contributed by atoms with van der Waals surface area (Å²) in [4.78, 5) is 27.3. The summed E-state index contributed by atoms with van der Waals surface area (Å²) in [5, 5.41) is 11.5. The Bertz CT molecular complexity index is 1180. The van der Waals surface area contributed by atoms with Crippen LogP contribution in [-0.4, -0.2) is 62.3 Å². The molecule has 9 nitrogen and oxygen atoms in total. The van der Waals surface area contributed by atoms with Gasteiger partial charge in [-0.15, -0.1) is 0 Å². The van der Waals surface area contributed by atoms with Crippen molar-refractivity contribution in [1.82, 2.24) is 30.2 Å². The van der Waals surface area contributed by atoms with E-state index >= 15 is 0 Å². The van der Waals surface area contributed by atoms with E-state index in [2.05, 4.69) is 25.2 Å². The highest BCUT2D eigenvalue weighted by molar-refractivity contribution is 5.94. The Morgan fingerprint density at radius 3 is 2.85 bits per heavy atom. The van der Waals surface area contributed by atoms with Gasteiger partial charge in [0.05, 0.1) is 17.0 Å². The third kappa shape index (κ3) is 3.69. The van der Waals surface area contributed by atoms with Gasteiger partial charge in [-0.25, -0.2) is 9.97 Å². The Morgan fingerprint density at radius 1 is 1.15 bits per heavy atom. The predicted octanol–water partition coefficient (Wildman–Crippen LogP) is 3.27. The van der Waals surface area contributed by atoms with E-state index < -0.39 is 0 Å². The molecule has 3 aromatic heterocycles. The highest BCUT2D eigenvalue weighted by Crippen LogP contribution is 2.35. The topological polar surface area (TPSA) is 104 Å². The lowest BCUT2D eigenvalue weighted by Crippen LogP contribution is -2.40. The zero-order valence-corrected chi connectivity index (χ0v) is 19.0. The number of anilines is 1. The quantitative estimate of drug-likeness (QED) is 0.654. The van der Waals surface area contributed by atoms with Crippen molar-refractivity contribution in [1.29, 1.82) is 0 Å². The van der Waals surface area contributed by atoms with Crippen molar-refractivity contribution in [3.05, 3.63) is 40.6 Å². The lowest BCUT2D eigenvalue weighted by molar-refractivity contribution is 0.0699. The van der Waals surface area contributed by atoms with Crippen molar-refractivity contribution in [2.75, 3.05) is 31.1 Å². The van der Waals surface area contributed by atoms with Crippen molar-refractivity contribution in [3.63, 3.8) is 0 Å². The third-order valence-corrected chi connectivity index (χ3v) is 7.19. The van der Waals surface area contributed by atoms with Gasteiger partial charge >= 0.3 is 0 Å². The van der Waals surface area contributed by atoms with Gasteiger partial charge in [-0.3, -0.25) is 9.89 Å². The summed E-state index contributed by atoms with van der Waals surface area (Å²) in [6.07, 6.45) is 9.12. The first kappa shape index (κ1) is 20.4. The molecule has 1 amide bonds. The fourth-order valence-corrected chi connectivity index (χ4v) is 5.48. The van der Waals surface area contributed by atoms with E-state index in [1.54, 1.807) is 0 Å². The first-order valence-electron chi connectivity index (χ1n) is 12.1. The summed E-state index contributed by atoms with van der Waals surface area (Å²) in [6.45, 7) is 5.25. The Hall–Kier alpha value is -3.23. The van der Waals surface area contributed by atoms with Crippen LogP contribution in [0.15, 0.2) is 16.8 Å². The zero-order chi connectivity index (χ0) is 22.4. The van der Waals surface area contributed by atoms with Crippen molar-refractivity contribution in [2.24, 2.45) is 0 Å².